The van der Waals surface area contributed by atoms with Gasteiger partial charge in [-0.1, -0.05) is 29.3 Å². The first kappa shape index (κ1) is 9.01. The van der Waals surface area contributed by atoms with Crippen molar-refractivity contribution in [1.29, 1.82) is 0 Å². The lowest BCUT2D eigenvalue weighted by molar-refractivity contribution is 0.202. The van der Waals surface area contributed by atoms with Crippen LogP contribution in [-0.4, -0.2) is 29.4 Å². The number of alkyl halides is 1. The van der Waals surface area contributed by atoms with Gasteiger partial charge in [-0.15, -0.1) is 0 Å². The Labute approximate surface area is 83.6 Å². The zero-order chi connectivity index (χ0) is 8.55. The molecule has 0 amide bonds. The van der Waals surface area contributed by atoms with Gasteiger partial charge in [0.1, 0.15) is 0 Å². The number of rotatable bonds is 2. The fraction of sp³-hybridized carbons (Fsp3) is 1.00. The zero-order valence-corrected chi connectivity index (χ0v) is 9.39. The smallest absolute Gasteiger partial charge is 0.0310 e. The molecular weight excluding hydrogens is 214 g/mol. The van der Waals surface area contributed by atoms with E-state index in [0.717, 1.165) is 16.7 Å². The molecule has 0 radical (unpaired) electrons. The minimum Gasteiger partial charge on any atom is -0.302 e. The van der Waals surface area contributed by atoms with Gasteiger partial charge in [-0.3, -0.25) is 0 Å². The first-order chi connectivity index (χ1) is 5.75. The van der Waals surface area contributed by atoms with Crippen LogP contribution in [0.1, 0.15) is 26.2 Å². The predicted octanol–water partition coefficient (Wildman–Crippen LogP) is 2.50. The molecule has 0 bridgehead atoms. The Bertz CT molecular complexity index is 146. The van der Waals surface area contributed by atoms with Crippen LogP contribution in [0, 0.1) is 11.8 Å². The van der Waals surface area contributed by atoms with Gasteiger partial charge < -0.3 is 4.90 Å². The van der Waals surface area contributed by atoms with E-state index in [1.807, 2.05) is 0 Å². The van der Waals surface area contributed by atoms with Crippen LogP contribution in [0.4, 0.5) is 0 Å². The van der Waals surface area contributed by atoms with Crippen molar-refractivity contribution in [1.82, 2.24) is 4.90 Å². The van der Waals surface area contributed by atoms with E-state index in [-0.39, 0.29) is 0 Å². The Kier molecular flexibility index (Phi) is 2.75. The molecule has 12 heavy (non-hydrogen) atoms. The third-order valence-corrected chi connectivity index (χ3v) is 4.53. The van der Waals surface area contributed by atoms with E-state index in [9.17, 15) is 0 Å². The lowest BCUT2D eigenvalue weighted by Crippen LogP contribution is -2.31. The molecule has 1 aliphatic heterocycles. The zero-order valence-electron chi connectivity index (χ0n) is 7.80. The molecule has 1 heterocycles. The van der Waals surface area contributed by atoms with Gasteiger partial charge in [0.05, 0.1) is 0 Å². The number of halogens is 1. The second-order valence-electron chi connectivity index (χ2n) is 4.51. The van der Waals surface area contributed by atoms with Crippen molar-refractivity contribution in [3.63, 3.8) is 0 Å². The Morgan fingerprint density at radius 3 is 2.50 bits per heavy atom. The second kappa shape index (κ2) is 3.67. The molecule has 2 unspecified atom stereocenters. The highest BCUT2D eigenvalue weighted by molar-refractivity contribution is 9.09. The first-order valence-electron chi connectivity index (χ1n) is 5.12. The van der Waals surface area contributed by atoms with Crippen molar-refractivity contribution in [3.8, 4) is 0 Å². The highest BCUT2D eigenvalue weighted by atomic mass is 79.9. The summed E-state index contributed by atoms with van der Waals surface area (Å²) in [5, 5.41) is 0. The number of likely N-dealkylation sites (tertiary alicyclic amines) is 1. The van der Waals surface area contributed by atoms with E-state index in [0.29, 0.717) is 0 Å². The van der Waals surface area contributed by atoms with Crippen molar-refractivity contribution in [3.05, 3.63) is 0 Å². The van der Waals surface area contributed by atoms with Crippen LogP contribution >= 0.6 is 15.9 Å². The lowest BCUT2D eigenvalue weighted by atomic mass is 9.85. The molecule has 2 atom stereocenters. The van der Waals surface area contributed by atoms with Crippen LogP contribution in [0.5, 0.6) is 0 Å². The van der Waals surface area contributed by atoms with Crippen molar-refractivity contribution in [2.75, 3.05) is 19.6 Å². The molecule has 0 aromatic rings. The van der Waals surface area contributed by atoms with Gasteiger partial charge in [0.25, 0.3) is 0 Å². The molecular formula is C10H18BrN. The summed E-state index contributed by atoms with van der Waals surface area (Å²) in [4.78, 5) is 3.38. The van der Waals surface area contributed by atoms with Gasteiger partial charge >= 0.3 is 0 Å². The Morgan fingerprint density at radius 2 is 2.08 bits per heavy atom. The maximum atomic E-state index is 3.73. The first-order valence-corrected chi connectivity index (χ1v) is 6.03. The summed E-state index contributed by atoms with van der Waals surface area (Å²) in [7, 11) is 0. The van der Waals surface area contributed by atoms with Crippen LogP contribution in [0.25, 0.3) is 0 Å². The van der Waals surface area contributed by atoms with E-state index >= 15 is 0 Å². The highest BCUT2D eigenvalue weighted by Gasteiger charge is 2.30. The average Bonchev–Trinajstić information content (AvgIpc) is 2.24. The van der Waals surface area contributed by atoms with Crippen molar-refractivity contribution in [2.45, 2.75) is 31.0 Å². The largest absolute Gasteiger partial charge is 0.302 e. The third-order valence-electron chi connectivity index (χ3n) is 3.34. The van der Waals surface area contributed by atoms with Gasteiger partial charge in [0.15, 0.2) is 0 Å². The average molecular weight is 232 g/mol. The van der Waals surface area contributed by atoms with Crippen molar-refractivity contribution >= 4 is 15.9 Å². The van der Waals surface area contributed by atoms with Gasteiger partial charge in [0, 0.05) is 24.5 Å². The molecule has 1 saturated heterocycles. The number of nitrogens with zero attached hydrogens (tertiary/aromatic N) is 1. The lowest BCUT2D eigenvalue weighted by Gasteiger charge is -2.29. The van der Waals surface area contributed by atoms with Crippen LogP contribution in [0.3, 0.4) is 0 Å². The molecule has 0 aromatic carbocycles. The minimum absolute atomic E-state index is 0.748. The van der Waals surface area contributed by atoms with Crippen LogP contribution in [0.15, 0.2) is 0 Å². The minimum atomic E-state index is 0.748. The number of hydrogen-bond acceptors (Lipinski definition) is 1. The van der Waals surface area contributed by atoms with Crippen LogP contribution < -0.4 is 0 Å². The third kappa shape index (κ3) is 1.85. The standard InChI is InChI=1S/C10H18BrN/c1-8-5-12(7-10(8)11)6-9-3-2-4-9/h8-10H,2-7H2,1H3. The summed E-state index contributed by atoms with van der Waals surface area (Å²) in [6, 6.07) is 0. The van der Waals surface area contributed by atoms with Gasteiger partial charge in [-0.2, -0.15) is 0 Å². The fourth-order valence-corrected chi connectivity index (χ4v) is 2.79. The van der Waals surface area contributed by atoms with Crippen molar-refractivity contribution < 1.29 is 0 Å². The van der Waals surface area contributed by atoms with E-state index in [1.54, 1.807) is 0 Å². The maximum Gasteiger partial charge on any atom is 0.0310 e. The number of hydrogen-bond donors (Lipinski definition) is 0. The van der Waals surface area contributed by atoms with Crippen molar-refractivity contribution in [2.24, 2.45) is 11.8 Å². The molecule has 2 rings (SSSR count). The van der Waals surface area contributed by atoms with Gasteiger partial charge in [-0.05, 0) is 24.7 Å². The summed E-state index contributed by atoms with van der Waals surface area (Å²) in [5.74, 6) is 1.89. The van der Waals surface area contributed by atoms with Crippen LogP contribution in [-0.2, 0) is 0 Å². The van der Waals surface area contributed by atoms with E-state index in [2.05, 4.69) is 27.8 Å². The molecule has 0 spiro atoms. The predicted molar refractivity (Wildman–Crippen MR) is 55.7 cm³/mol. The molecule has 2 fully saturated rings. The van der Waals surface area contributed by atoms with E-state index < -0.39 is 0 Å². The van der Waals surface area contributed by atoms with E-state index in [4.69, 9.17) is 0 Å². The van der Waals surface area contributed by atoms with Gasteiger partial charge in [-0.25, -0.2) is 0 Å². The molecule has 70 valence electrons. The summed E-state index contributed by atoms with van der Waals surface area (Å²) in [5.41, 5.74) is 0. The summed E-state index contributed by atoms with van der Waals surface area (Å²) in [6.45, 7) is 6.30. The monoisotopic (exact) mass is 231 g/mol. The molecule has 1 nitrogen and oxygen atoms in total. The molecule has 1 saturated carbocycles. The summed E-state index contributed by atoms with van der Waals surface area (Å²) >= 11 is 3.73. The molecule has 1 aliphatic carbocycles. The topological polar surface area (TPSA) is 3.24 Å². The fourth-order valence-electron chi connectivity index (χ4n) is 2.21. The summed E-state index contributed by atoms with van der Waals surface area (Å²) < 4.78 is 0. The SMILES string of the molecule is CC1CN(CC2CCC2)CC1Br. The van der Waals surface area contributed by atoms with Gasteiger partial charge in [0.2, 0.25) is 0 Å². The second-order valence-corrected chi connectivity index (χ2v) is 5.68. The Morgan fingerprint density at radius 1 is 1.33 bits per heavy atom. The molecule has 0 N–H and O–H groups in total. The Hall–Kier alpha value is 0.440. The Balaban J connectivity index is 1.75. The molecule has 0 aromatic heterocycles. The quantitative estimate of drug-likeness (QED) is 0.661. The molecule has 2 heteroatoms. The van der Waals surface area contributed by atoms with E-state index in [1.165, 1.54) is 38.9 Å². The highest BCUT2D eigenvalue weighted by Crippen LogP contribution is 2.30. The maximum absolute atomic E-state index is 3.73. The van der Waals surface area contributed by atoms with Crippen LogP contribution in [0.2, 0.25) is 0 Å². The summed E-state index contributed by atoms with van der Waals surface area (Å²) in [6.07, 6.45) is 4.45. The normalized spacial score (nSPS) is 38.5. The molecule has 2 aliphatic rings.